The van der Waals surface area contributed by atoms with E-state index in [-0.39, 0.29) is 6.61 Å². The van der Waals surface area contributed by atoms with Gasteiger partial charge in [-0.25, -0.2) is 4.79 Å². The van der Waals surface area contributed by atoms with Crippen molar-refractivity contribution in [2.24, 2.45) is 0 Å². The number of carboxylic acids is 1. The average Bonchev–Trinajstić information content (AvgIpc) is 1.87. The molecule has 0 atom stereocenters. The fourth-order valence-corrected chi connectivity index (χ4v) is 0. The summed E-state index contributed by atoms with van der Waals surface area (Å²) in [5.74, 6) is -0.771. The van der Waals surface area contributed by atoms with Crippen LogP contribution in [0.2, 0.25) is 0 Å². The van der Waals surface area contributed by atoms with Gasteiger partial charge in [0, 0.05) is 0 Å². The largest absolute Gasteiger partial charge is 0.490 e. The van der Waals surface area contributed by atoms with Gasteiger partial charge in [0.1, 0.15) is 6.61 Å². The van der Waals surface area contributed by atoms with Crippen molar-refractivity contribution in [1.29, 1.82) is 0 Å². The lowest BCUT2D eigenvalue weighted by Gasteiger charge is -1.93. The van der Waals surface area contributed by atoms with Crippen LogP contribution in [0.5, 0.6) is 0 Å². The average molecular weight is 170 g/mol. The number of halogens is 3. The molecule has 0 spiro atoms. The third kappa shape index (κ3) is 12.1. The highest BCUT2D eigenvalue weighted by Gasteiger charge is 2.38. The number of aliphatic carboxylic acids is 1. The Morgan fingerprint density at radius 2 is 1.73 bits per heavy atom. The van der Waals surface area contributed by atoms with Crippen molar-refractivity contribution < 1.29 is 28.2 Å². The number of hydrogen-bond acceptors (Lipinski definition) is 2. The minimum atomic E-state index is -5.08. The molecule has 0 aliphatic rings. The summed E-state index contributed by atoms with van der Waals surface area (Å²) in [4.78, 5) is 8.90. The van der Waals surface area contributed by atoms with Crippen LogP contribution in [0.15, 0.2) is 0 Å². The summed E-state index contributed by atoms with van der Waals surface area (Å²) < 4.78 is 31.7. The zero-order chi connectivity index (χ0) is 9.49. The van der Waals surface area contributed by atoms with E-state index in [2.05, 4.69) is 6.42 Å². The van der Waals surface area contributed by atoms with E-state index >= 15 is 0 Å². The second-order valence-corrected chi connectivity index (χ2v) is 1.17. The van der Waals surface area contributed by atoms with Gasteiger partial charge in [-0.3, -0.25) is 0 Å². The number of hydrogen-bond donors (Lipinski definition) is 2. The van der Waals surface area contributed by atoms with E-state index in [4.69, 9.17) is 15.0 Å². The Bertz CT molecular complexity index is 155. The molecule has 64 valence electrons. The summed E-state index contributed by atoms with van der Waals surface area (Å²) in [6.07, 6.45) is -0.556. The van der Waals surface area contributed by atoms with E-state index in [1.165, 1.54) is 0 Å². The first-order valence-corrected chi connectivity index (χ1v) is 2.20. The molecule has 2 N–H and O–H groups in total. The van der Waals surface area contributed by atoms with Crippen LogP contribution in [0.3, 0.4) is 0 Å². The van der Waals surface area contributed by atoms with Crippen LogP contribution in [-0.4, -0.2) is 29.0 Å². The number of alkyl halides is 3. The van der Waals surface area contributed by atoms with Gasteiger partial charge in [0.2, 0.25) is 0 Å². The van der Waals surface area contributed by atoms with Crippen molar-refractivity contribution in [2.75, 3.05) is 6.61 Å². The molecule has 0 aromatic rings. The fraction of sp³-hybridized carbons (Fsp3) is 0.400. The van der Waals surface area contributed by atoms with Crippen molar-refractivity contribution in [3.05, 3.63) is 0 Å². The van der Waals surface area contributed by atoms with Crippen LogP contribution in [-0.2, 0) is 4.79 Å². The summed E-state index contributed by atoms with van der Waals surface area (Å²) in [5, 5.41) is 14.8. The molecule has 0 amide bonds. The minimum Gasteiger partial charge on any atom is -0.475 e. The normalized spacial score (nSPS) is 9.00. The predicted octanol–water partition coefficient (Wildman–Crippen LogP) is 0.245. The van der Waals surface area contributed by atoms with Gasteiger partial charge in [0.05, 0.1) is 0 Å². The molecule has 0 bridgehead atoms. The number of rotatable bonds is 0. The monoisotopic (exact) mass is 170 g/mol. The Kier molecular flexibility index (Phi) is 6.29. The van der Waals surface area contributed by atoms with Crippen molar-refractivity contribution in [3.8, 4) is 12.3 Å². The van der Waals surface area contributed by atoms with E-state index in [9.17, 15) is 13.2 Å². The number of aliphatic hydroxyl groups is 1. The van der Waals surface area contributed by atoms with Gasteiger partial charge in [0.15, 0.2) is 0 Å². The zero-order valence-corrected chi connectivity index (χ0v) is 5.22. The first-order chi connectivity index (χ1) is 4.86. The molecule has 0 unspecified atom stereocenters. The Hall–Kier alpha value is -1.22. The molecule has 0 saturated carbocycles. The predicted molar refractivity (Wildman–Crippen MR) is 29.6 cm³/mol. The molecular formula is C5H5F3O3. The maximum atomic E-state index is 10.6. The molecule has 11 heavy (non-hydrogen) atoms. The van der Waals surface area contributed by atoms with Crippen LogP contribution in [0.4, 0.5) is 13.2 Å². The lowest BCUT2D eigenvalue weighted by atomic mass is 10.7. The Balaban J connectivity index is 0. The quantitative estimate of drug-likeness (QED) is 0.512. The molecule has 0 fully saturated rings. The maximum Gasteiger partial charge on any atom is 0.490 e. The number of carbonyl (C=O) groups is 1. The van der Waals surface area contributed by atoms with Crippen molar-refractivity contribution in [2.45, 2.75) is 6.18 Å². The van der Waals surface area contributed by atoms with Gasteiger partial charge in [0.25, 0.3) is 0 Å². The Morgan fingerprint density at radius 1 is 1.55 bits per heavy atom. The molecule has 3 nitrogen and oxygen atoms in total. The van der Waals surface area contributed by atoms with Crippen LogP contribution in [0.25, 0.3) is 0 Å². The highest BCUT2D eigenvalue weighted by Crippen LogP contribution is 2.13. The van der Waals surface area contributed by atoms with Crippen LogP contribution < -0.4 is 0 Å². The number of terminal acetylenes is 1. The third-order valence-corrected chi connectivity index (χ3v) is 0.334. The Morgan fingerprint density at radius 3 is 1.73 bits per heavy atom. The third-order valence-electron chi connectivity index (χ3n) is 0.334. The standard InChI is InChI=1S/C3H4O.C2HF3O2/c1-2-3-4;3-2(4,5)1(6)7/h1,4H,3H2;(H,6,7). The SMILES string of the molecule is C#CCO.O=C(O)C(F)(F)F. The molecule has 0 aliphatic heterocycles. The van der Waals surface area contributed by atoms with E-state index < -0.39 is 12.1 Å². The first kappa shape index (κ1) is 12.5. The molecule has 0 heterocycles. The van der Waals surface area contributed by atoms with E-state index in [1.54, 1.807) is 0 Å². The highest BCUT2D eigenvalue weighted by molar-refractivity contribution is 5.73. The van der Waals surface area contributed by atoms with E-state index in [0.717, 1.165) is 0 Å². The molecule has 0 aromatic heterocycles. The van der Waals surface area contributed by atoms with E-state index in [1.807, 2.05) is 5.92 Å². The van der Waals surface area contributed by atoms with Crippen molar-refractivity contribution in [3.63, 3.8) is 0 Å². The van der Waals surface area contributed by atoms with Crippen LogP contribution in [0, 0.1) is 12.3 Å². The van der Waals surface area contributed by atoms with Gasteiger partial charge in [-0.05, 0) is 0 Å². The number of carboxylic acid groups (broad SMARTS) is 1. The summed E-state index contributed by atoms with van der Waals surface area (Å²) >= 11 is 0. The molecule has 6 heteroatoms. The molecule has 0 aromatic carbocycles. The molecule has 0 radical (unpaired) electrons. The molecule has 0 aliphatic carbocycles. The Labute approximate surface area is 60.5 Å². The fourth-order valence-electron chi connectivity index (χ4n) is 0. The summed E-state index contributed by atoms with van der Waals surface area (Å²) in [7, 11) is 0. The minimum absolute atomic E-state index is 0.153. The van der Waals surface area contributed by atoms with Gasteiger partial charge >= 0.3 is 12.1 Å². The second-order valence-electron chi connectivity index (χ2n) is 1.17. The lowest BCUT2D eigenvalue weighted by molar-refractivity contribution is -0.192. The molecule has 0 saturated heterocycles. The van der Waals surface area contributed by atoms with Gasteiger partial charge in [-0.15, -0.1) is 6.42 Å². The van der Waals surface area contributed by atoms with Gasteiger partial charge in [-0.1, -0.05) is 5.92 Å². The highest BCUT2D eigenvalue weighted by atomic mass is 19.4. The lowest BCUT2D eigenvalue weighted by Crippen LogP contribution is -2.21. The van der Waals surface area contributed by atoms with Crippen LogP contribution >= 0.6 is 0 Å². The molecular weight excluding hydrogens is 165 g/mol. The summed E-state index contributed by atoms with van der Waals surface area (Å²) in [6.45, 7) is -0.153. The first-order valence-electron chi connectivity index (χ1n) is 2.20. The van der Waals surface area contributed by atoms with Crippen molar-refractivity contribution in [1.82, 2.24) is 0 Å². The van der Waals surface area contributed by atoms with Gasteiger partial charge < -0.3 is 10.2 Å². The summed E-state index contributed by atoms with van der Waals surface area (Å²) in [5.41, 5.74) is 0. The maximum absolute atomic E-state index is 10.6. The van der Waals surface area contributed by atoms with Crippen molar-refractivity contribution >= 4 is 5.97 Å². The smallest absolute Gasteiger partial charge is 0.475 e. The summed E-state index contributed by atoms with van der Waals surface area (Å²) in [6, 6.07) is 0. The second kappa shape index (κ2) is 5.56. The molecule has 0 rings (SSSR count). The van der Waals surface area contributed by atoms with Crippen LogP contribution in [0.1, 0.15) is 0 Å². The van der Waals surface area contributed by atoms with E-state index in [0.29, 0.717) is 0 Å². The number of aliphatic hydroxyl groups excluding tert-OH is 1. The van der Waals surface area contributed by atoms with Gasteiger partial charge in [-0.2, -0.15) is 13.2 Å². The zero-order valence-electron chi connectivity index (χ0n) is 5.22. The topological polar surface area (TPSA) is 57.5 Å².